The summed E-state index contributed by atoms with van der Waals surface area (Å²) in [6.07, 6.45) is 0.618. The molecule has 0 bridgehead atoms. The molecule has 1 saturated heterocycles. The van der Waals surface area contributed by atoms with Gasteiger partial charge in [0, 0.05) is 18.7 Å². The zero-order valence-electron chi connectivity index (χ0n) is 10.2. The number of aromatic nitrogens is 1. The van der Waals surface area contributed by atoms with Gasteiger partial charge in [0.2, 0.25) is 11.8 Å². The highest BCUT2D eigenvalue weighted by Crippen LogP contribution is 2.22. The average molecular weight is 245 g/mol. The van der Waals surface area contributed by atoms with E-state index in [0.717, 1.165) is 12.1 Å². The van der Waals surface area contributed by atoms with Crippen molar-refractivity contribution in [2.24, 2.45) is 5.92 Å². The first-order valence-corrected chi connectivity index (χ1v) is 6.04. The summed E-state index contributed by atoms with van der Waals surface area (Å²) in [7, 11) is 0. The lowest BCUT2D eigenvalue weighted by atomic mass is 10.2. The van der Waals surface area contributed by atoms with Crippen LogP contribution in [0.1, 0.15) is 19.2 Å². The van der Waals surface area contributed by atoms with Crippen molar-refractivity contribution in [2.45, 2.75) is 19.9 Å². The van der Waals surface area contributed by atoms with Gasteiger partial charge in [-0.25, -0.2) is 4.98 Å². The van der Waals surface area contributed by atoms with E-state index in [1.54, 1.807) is 23.1 Å². The summed E-state index contributed by atoms with van der Waals surface area (Å²) < 4.78 is 5.61. The number of amides is 1. The van der Waals surface area contributed by atoms with Crippen LogP contribution in [-0.2, 0) is 11.3 Å². The third kappa shape index (κ3) is 1.92. The molecule has 18 heavy (non-hydrogen) atoms. The fraction of sp³-hybridized carbons (Fsp3) is 0.385. The van der Waals surface area contributed by atoms with Crippen molar-refractivity contribution in [3.8, 4) is 0 Å². The molecule has 3 rings (SSSR count). The molecule has 94 valence electrons. The van der Waals surface area contributed by atoms with Crippen LogP contribution in [0.2, 0.25) is 0 Å². The fourth-order valence-corrected chi connectivity index (χ4v) is 2.35. The zero-order valence-corrected chi connectivity index (χ0v) is 10.2. The predicted molar refractivity (Wildman–Crippen MR) is 67.6 cm³/mol. The molecule has 5 nitrogen and oxygen atoms in total. The van der Waals surface area contributed by atoms with E-state index in [9.17, 15) is 4.79 Å². The van der Waals surface area contributed by atoms with E-state index in [4.69, 9.17) is 10.2 Å². The van der Waals surface area contributed by atoms with Crippen LogP contribution >= 0.6 is 0 Å². The van der Waals surface area contributed by atoms with Gasteiger partial charge in [-0.3, -0.25) is 4.79 Å². The maximum absolute atomic E-state index is 11.7. The molecule has 1 aromatic carbocycles. The number of hydrogen-bond acceptors (Lipinski definition) is 4. The van der Waals surface area contributed by atoms with E-state index >= 15 is 0 Å². The van der Waals surface area contributed by atoms with Gasteiger partial charge in [-0.15, -0.1) is 0 Å². The lowest BCUT2D eigenvalue weighted by Crippen LogP contribution is -2.24. The molecular formula is C13H15N3O2. The Kier molecular flexibility index (Phi) is 2.47. The van der Waals surface area contributed by atoms with Gasteiger partial charge in [-0.1, -0.05) is 6.92 Å². The second-order valence-corrected chi connectivity index (χ2v) is 4.92. The monoisotopic (exact) mass is 245 g/mol. The van der Waals surface area contributed by atoms with Crippen molar-refractivity contribution in [3.05, 3.63) is 24.1 Å². The summed E-state index contributed by atoms with van der Waals surface area (Å²) in [5.41, 5.74) is 7.80. The standard InChI is InChI=1S/C13H15N3O2/c1-8-4-13(17)16(6-8)7-12-15-10-5-9(14)2-3-11(10)18-12/h2-3,5,8H,4,6-7,14H2,1H3. The number of hydrogen-bond donors (Lipinski definition) is 1. The molecular weight excluding hydrogens is 230 g/mol. The summed E-state index contributed by atoms with van der Waals surface area (Å²) in [5.74, 6) is 1.15. The molecule has 1 unspecified atom stereocenters. The van der Waals surface area contributed by atoms with Crippen molar-refractivity contribution >= 4 is 22.7 Å². The molecule has 1 aliphatic rings. The number of nitrogens with two attached hydrogens (primary N) is 1. The molecule has 1 atom stereocenters. The van der Waals surface area contributed by atoms with Crippen LogP contribution in [0.25, 0.3) is 11.1 Å². The van der Waals surface area contributed by atoms with Crippen LogP contribution < -0.4 is 5.73 Å². The number of carbonyl (C=O) groups excluding carboxylic acids is 1. The van der Waals surface area contributed by atoms with Crippen LogP contribution in [0, 0.1) is 5.92 Å². The minimum atomic E-state index is 0.171. The lowest BCUT2D eigenvalue weighted by Gasteiger charge is -2.12. The summed E-state index contributed by atoms with van der Waals surface area (Å²) in [4.78, 5) is 17.8. The van der Waals surface area contributed by atoms with E-state index in [1.807, 2.05) is 0 Å². The van der Waals surface area contributed by atoms with Crippen molar-refractivity contribution in [1.29, 1.82) is 0 Å². The zero-order chi connectivity index (χ0) is 12.7. The lowest BCUT2D eigenvalue weighted by molar-refractivity contribution is -0.128. The summed E-state index contributed by atoms with van der Waals surface area (Å²) in [6, 6.07) is 5.35. The Labute approximate surface area is 105 Å². The molecule has 1 amide bonds. The molecule has 0 saturated carbocycles. The predicted octanol–water partition coefficient (Wildman–Crippen LogP) is 1.78. The third-order valence-electron chi connectivity index (χ3n) is 3.19. The number of nitrogens with zero attached hydrogens (tertiary/aromatic N) is 2. The number of nitrogen functional groups attached to an aromatic ring is 1. The van der Waals surface area contributed by atoms with Gasteiger partial charge in [-0.2, -0.15) is 0 Å². The van der Waals surface area contributed by atoms with Gasteiger partial charge in [0.1, 0.15) is 5.52 Å². The van der Waals surface area contributed by atoms with Gasteiger partial charge < -0.3 is 15.1 Å². The van der Waals surface area contributed by atoms with Gasteiger partial charge >= 0.3 is 0 Å². The quantitative estimate of drug-likeness (QED) is 0.818. The minimum absolute atomic E-state index is 0.171. The molecule has 0 radical (unpaired) electrons. The second kappa shape index (κ2) is 4.01. The van der Waals surface area contributed by atoms with Crippen molar-refractivity contribution in [2.75, 3.05) is 12.3 Å². The van der Waals surface area contributed by atoms with E-state index in [2.05, 4.69) is 11.9 Å². The Hall–Kier alpha value is -2.04. The van der Waals surface area contributed by atoms with E-state index in [-0.39, 0.29) is 5.91 Å². The number of likely N-dealkylation sites (tertiary alicyclic amines) is 1. The highest BCUT2D eigenvalue weighted by atomic mass is 16.3. The molecule has 1 aromatic heterocycles. The number of oxazole rings is 1. The summed E-state index contributed by atoms with van der Waals surface area (Å²) in [5, 5.41) is 0. The van der Waals surface area contributed by atoms with Crippen LogP contribution in [0.3, 0.4) is 0 Å². The molecule has 5 heteroatoms. The maximum Gasteiger partial charge on any atom is 0.223 e. The van der Waals surface area contributed by atoms with Gasteiger partial charge in [-0.05, 0) is 24.1 Å². The summed E-state index contributed by atoms with van der Waals surface area (Å²) >= 11 is 0. The Morgan fingerprint density at radius 1 is 1.56 bits per heavy atom. The molecule has 0 spiro atoms. The fourth-order valence-electron chi connectivity index (χ4n) is 2.35. The van der Waals surface area contributed by atoms with Crippen LogP contribution in [0.15, 0.2) is 22.6 Å². The molecule has 2 aromatic rings. The topological polar surface area (TPSA) is 72.4 Å². The van der Waals surface area contributed by atoms with Crippen LogP contribution in [-0.4, -0.2) is 22.3 Å². The molecule has 0 aliphatic carbocycles. The minimum Gasteiger partial charge on any atom is -0.439 e. The largest absolute Gasteiger partial charge is 0.439 e. The van der Waals surface area contributed by atoms with Crippen molar-refractivity contribution in [3.63, 3.8) is 0 Å². The number of rotatable bonds is 2. The van der Waals surface area contributed by atoms with E-state index in [0.29, 0.717) is 36.0 Å². The first-order valence-electron chi connectivity index (χ1n) is 6.04. The highest BCUT2D eigenvalue weighted by Gasteiger charge is 2.27. The Morgan fingerprint density at radius 3 is 3.11 bits per heavy atom. The Morgan fingerprint density at radius 2 is 2.39 bits per heavy atom. The van der Waals surface area contributed by atoms with E-state index < -0.39 is 0 Å². The maximum atomic E-state index is 11.7. The van der Waals surface area contributed by atoms with E-state index in [1.165, 1.54) is 0 Å². The van der Waals surface area contributed by atoms with Crippen molar-refractivity contribution in [1.82, 2.24) is 9.88 Å². The van der Waals surface area contributed by atoms with Crippen LogP contribution in [0.5, 0.6) is 0 Å². The SMILES string of the molecule is CC1CC(=O)N(Cc2nc3cc(N)ccc3o2)C1. The number of benzene rings is 1. The van der Waals surface area contributed by atoms with Gasteiger partial charge in [0.25, 0.3) is 0 Å². The Balaban J connectivity index is 1.85. The van der Waals surface area contributed by atoms with Crippen LogP contribution in [0.4, 0.5) is 5.69 Å². The van der Waals surface area contributed by atoms with Gasteiger partial charge in [0.15, 0.2) is 5.58 Å². The first kappa shape index (κ1) is 11.1. The smallest absolute Gasteiger partial charge is 0.223 e. The first-order chi connectivity index (χ1) is 8.61. The molecule has 1 fully saturated rings. The molecule has 2 N–H and O–H groups in total. The van der Waals surface area contributed by atoms with Gasteiger partial charge in [0.05, 0.1) is 6.54 Å². The summed E-state index contributed by atoms with van der Waals surface area (Å²) in [6.45, 7) is 3.29. The third-order valence-corrected chi connectivity index (χ3v) is 3.19. The molecule has 2 heterocycles. The average Bonchev–Trinajstić information content (AvgIpc) is 2.82. The Bertz CT molecular complexity index is 605. The number of carbonyl (C=O) groups is 1. The molecule has 1 aliphatic heterocycles. The normalized spacial score (nSPS) is 19.9. The number of anilines is 1. The highest BCUT2D eigenvalue weighted by molar-refractivity contribution is 5.79. The van der Waals surface area contributed by atoms with Crippen molar-refractivity contribution < 1.29 is 9.21 Å². The number of fused-ring (bicyclic) bond motifs is 1. The second-order valence-electron chi connectivity index (χ2n) is 4.92.